The molecule has 2 saturated heterocycles. The minimum Gasteiger partial charge on any atom is -0.379 e. The Morgan fingerprint density at radius 2 is 1.81 bits per heavy atom. The number of amides is 1. The van der Waals surface area contributed by atoms with Gasteiger partial charge in [0.1, 0.15) is 6.54 Å². The summed E-state index contributed by atoms with van der Waals surface area (Å²) in [6.45, 7) is 10.3. The summed E-state index contributed by atoms with van der Waals surface area (Å²) in [5.74, 6) is 1.53. The molecule has 3 rings (SSSR count). The van der Waals surface area contributed by atoms with Gasteiger partial charge in [-0.2, -0.15) is 0 Å². The maximum absolute atomic E-state index is 12.7. The third kappa shape index (κ3) is 9.62. The van der Waals surface area contributed by atoms with E-state index in [4.69, 9.17) is 4.74 Å². The Hall–Kier alpha value is -1.39. The van der Waals surface area contributed by atoms with Crippen molar-refractivity contribution in [3.05, 3.63) is 35.9 Å². The standard InChI is InChI=1S/C24H39N5O2.HI/c1-2-25-24(26-11-6-12-28-15-17-31-18-16-28)27-20-23(30)29-13-9-22(10-14-29)19-21-7-4-3-5-8-21;/h3-5,7-8,22H,2,6,9-20H2,1H3,(H2,25,26,27);1H. The summed E-state index contributed by atoms with van der Waals surface area (Å²) in [6, 6.07) is 10.7. The van der Waals surface area contributed by atoms with Gasteiger partial charge >= 0.3 is 0 Å². The first-order chi connectivity index (χ1) is 15.2. The lowest BCUT2D eigenvalue weighted by Gasteiger charge is -2.32. The van der Waals surface area contributed by atoms with E-state index in [1.165, 1.54) is 5.56 Å². The Morgan fingerprint density at radius 3 is 2.50 bits per heavy atom. The molecule has 0 spiro atoms. The molecule has 0 unspecified atom stereocenters. The number of likely N-dealkylation sites (tertiary alicyclic amines) is 1. The number of guanidine groups is 1. The monoisotopic (exact) mass is 557 g/mol. The number of halogens is 1. The number of carbonyl (C=O) groups is 1. The minimum absolute atomic E-state index is 0. The number of aliphatic imine (C=N–C) groups is 1. The van der Waals surface area contributed by atoms with Gasteiger partial charge in [0.2, 0.25) is 5.91 Å². The molecule has 2 aliphatic heterocycles. The van der Waals surface area contributed by atoms with Crippen LogP contribution in [0.3, 0.4) is 0 Å². The number of ether oxygens (including phenoxy) is 1. The summed E-state index contributed by atoms with van der Waals surface area (Å²) in [6.07, 6.45) is 4.31. The van der Waals surface area contributed by atoms with Gasteiger partial charge in [-0.15, -0.1) is 24.0 Å². The Labute approximate surface area is 210 Å². The van der Waals surface area contributed by atoms with E-state index in [0.29, 0.717) is 5.92 Å². The second kappa shape index (κ2) is 15.4. The van der Waals surface area contributed by atoms with Gasteiger partial charge in [-0.25, -0.2) is 4.99 Å². The van der Waals surface area contributed by atoms with Crippen molar-refractivity contribution in [2.24, 2.45) is 10.9 Å². The second-order valence-electron chi connectivity index (χ2n) is 8.44. The molecule has 2 fully saturated rings. The van der Waals surface area contributed by atoms with E-state index < -0.39 is 0 Å². The SMILES string of the molecule is CCNC(=NCC(=O)N1CCC(Cc2ccccc2)CC1)NCCCN1CCOCC1.I. The van der Waals surface area contributed by atoms with E-state index in [0.717, 1.165) is 90.7 Å². The third-order valence-corrected chi connectivity index (χ3v) is 6.10. The van der Waals surface area contributed by atoms with Gasteiger partial charge in [-0.3, -0.25) is 9.69 Å². The molecule has 0 bridgehead atoms. The summed E-state index contributed by atoms with van der Waals surface area (Å²) in [7, 11) is 0. The van der Waals surface area contributed by atoms with E-state index >= 15 is 0 Å². The molecule has 2 heterocycles. The van der Waals surface area contributed by atoms with Crippen molar-refractivity contribution in [2.45, 2.75) is 32.6 Å². The molecule has 2 N–H and O–H groups in total. The smallest absolute Gasteiger partial charge is 0.244 e. The first-order valence-corrected chi connectivity index (χ1v) is 11.9. The van der Waals surface area contributed by atoms with E-state index in [1.54, 1.807) is 0 Å². The number of hydrogen-bond acceptors (Lipinski definition) is 4. The summed E-state index contributed by atoms with van der Waals surface area (Å²) in [5.41, 5.74) is 1.40. The maximum Gasteiger partial charge on any atom is 0.244 e. The fourth-order valence-electron chi connectivity index (χ4n) is 4.26. The van der Waals surface area contributed by atoms with Crippen LogP contribution in [-0.2, 0) is 16.0 Å². The number of benzene rings is 1. The number of nitrogens with one attached hydrogen (secondary N) is 2. The zero-order chi connectivity index (χ0) is 21.7. The number of carbonyl (C=O) groups excluding carboxylic acids is 1. The van der Waals surface area contributed by atoms with Crippen molar-refractivity contribution in [3.8, 4) is 0 Å². The molecule has 0 aliphatic carbocycles. The highest BCUT2D eigenvalue weighted by atomic mass is 127. The first-order valence-electron chi connectivity index (χ1n) is 11.9. The highest BCUT2D eigenvalue weighted by Crippen LogP contribution is 2.21. The van der Waals surface area contributed by atoms with Crippen molar-refractivity contribution >= 4 is 35.8 Å². The van der Waals surface area contributed by atoms with E-state index in [9.17, 15) is 4.79 Å². The van der Waals surface area contributed by atoms with Crippen LogP contribution in [-0.4, -0.2) is 87.2 Å². The fraction of sp³-hybridized carbons (Fsp3) is 0.667. The van der Waals surface area contributed by atoms with Crippen LogP contribution in [0.4, 0.5) is 0 Å². The van der Waals surface area contributed by atoms with Gasteiger partial charge < -0.3 is 20.3 Å². The minimum atomic E-state index is 0. The molecule has 1 aromatic carbocycles. The molecule has 2 aliphatic rings. The predicted molar refractivity (Wildman–Crippen MR) is 141 cm³/mol. The van der Waals surface area contributed by atoms with Crippen LogP contribution in [0.25, 0.3) is 0 Å². The molecule has 0 aromatic heterocycles. The number of nitrogens with zero attached hydrogens (tertiary/aromatic N) is 3. The molecule has 7 nitrogen and oxygen atoms in total. The molecule has 1 aromatic rings. The lowest BCUT2D eigenvalue weighted by Crippen LogP contribution is -2.42. The topological polar surface area (TPSA) is 69.2 Å². The summed E-state index contributed by atoms with van der Waals surface area (Å²) < 4.78 is 5.39. The normalized spacial score (nSPS) is 18.2. The lowest BCUT2D eigenvalue weighted by molar-refractivity contribution is -0.130. The molecule has 0 radical (unpaired) electrons. The molecule has 8 heteroatoms. The summed E-state index contributed by atoms with van der Waals surface area (Å²) in [4.78, 5) is 21.6. The van der Waals surface area contributed by atoms with Crippen LogP contribution in [0.5, 0.6) is 0 Å². The maximum atomic E-state index is 12.7. The highest BCUT2D eigenvalue weighted by Gasteiger charge is 2.22. The van der Waals surface area contributed by atoms with Crippen molar-refractivity contribution in [2.75, 3.05) is 65.6 Å². The van der Waals surface area contributed by atoms with Crippen molar-refractivity contribution < 1.29 is 9.53 Å². The van der Waals surface area contributed by atoms with Gasteiger partial charge in [0.25, 0.3) is 0 Å². The molecule has 32 heavy (non-hydrogen) atoms. The van der Waals surface area contributed by atoms with Gasteiger partial charge in [0.15, 0.2) is 5.96 Å². The van der Waals surface area contributed by atoms with Crippen LogP contribution in [0.2, 0.25) is 0 Å². The second-order valence-corrected chi connectivity index (χ2v) is 8.44. The molecular formula is C24H40IN5O2. The summed E-state index contributed by atoms with van der Waals surface area (Å²) >= 11 is 0. The molecule has 0 atom stereocenters. The molecule has 0 saturated carbocycles. The average Bonchev–Trinajstić information content (AvgIpc) is 2.82. The Morgan fingerprint density at radius 1 is 1.09 bits per heavy atom. The lowest BCUT2D eigenvalue weighted by atomic mass is 9.90. The molecule has 180 valence electrons. The van der Waals surface area contributed by atoms with Crippen LogP contribution < -0.4 is 10.6 Å². The van der Waals surface area contributed by atoms with E-state index in [1.807, 2.05) is 11.8 Å². The third-order valence-electron chi connectivity index (χ3n) is 6.10. The highest BCUT2D eigenvalue weighted by molar-refractivity contribution is 14.0. The Kier molecular flexibility index (Phi) is 13.0. The van der Waals surface area contributed by atoms with Crippen LogP contribution >= 0.6 is 24.0 Å². The summed E-state index contributed by atoms with van der Waals surface area (Å²) in [5, 5.41) is 6.61. The van der Waals surface area contributed by atoms with E-state index in [-0.39, 0.29) is 36.4 Å². The first kappa shape index (κ1) is 26.9. The van der Waals surface area contributed by atoms with Crippen molar-refractivity contribution in [3.63, 3.8) is 0 Å². The van der Waals surface area contributed by atoms with E-state index in [2.05, 4.69) is 50.9 Å². The van der Waals surface area contributed by atoms with Crippen molar-refractivity contribution in [1.82, 2.24) is 20.4 Å². The molecule has 1 amide bonds. The van der Waals surface area contributed by atoms with Crippen molar-refractivity contribution in [1.29, 1.82) is 0 Å². The Bertz CT molecular complexity index is 674. The van der Waals surface area contributed by atoms with Crippen LogP contribution in [0.1, 0.15) is 31.7 Å². The predicted octanol–water partition coefficient (Wildman–Crippen LogP) is 2.36. The number of piperidine rings is 1. The largest absolute Gasteiger partial charge is 0.379 e. The quantitative estimate of drug-likeness (QED) is 0.211. The zero-order valence-corrected chi connectivity index (χ0v) is 21.8. The Balaban J connectivity index is 0.00000363. The zero-order valence-electron chi connectivity index (χ0n) is 19.4. The van der Waals surface area contributed by atoms with Gasteiger partial charge in [-0.05, 0) is 50.6 Å². The molecular weight excluding hydrogens is 517 g/mol. The number of morpholine rings is 1. The fourth-order valence-corrected chi connectivity index (χ4v) is 4.26. The van der Waals surface area contributed by atoms with Crippen LogP contribution in [0, 0.1) is 5.92 Å². The van der Waals surface area contributed by atoms with Gasteiger partial charge in [-0.1, -0.05) is 30.3 Å². The van der Waals surface area contributed by atoms with Gasteiger partial charge in [0, 0.05) is 39.3 Å². The van der Waals surface area contributed by atoms with Gasteiger partial charge in [0.05, 0.1) is 13.2 Å². The number of rotatable bonds is 9. The number of hydrogen-bond donors (Lipinski definition) is 2. The average molecular weight is 558 g/mol. The van der Waals surface area contributed by atoms with Crippen LogP contribution in [0.15, 0.2) is 35.3 Å².